The third-order valence-electron chi connectivity index (χ3n) is 2.45. The molecule has 1 heterocycles. The van der Waals surface area contributed by atoms with Gasteiger partial charge in [-0.25, -0.2) is 14.6 Å². The van der Waals surface area contributed by atoms with Crippen molar-refractivity contribution in [2.75, 3.05) is 18.1 Å². The number of benzene rings is 1. The molecule has 0 amide bonds. The zero-order chi connectivity index (χ0) is 16.1. The standard InChI is InChI=1S/C12H12N2O7S/c13-6-1-2-8-9(3-6)21-10(14-8)22-5-7(20-12(17)18)4-19-11(15)16/h1-3,7H,4-5,13H2,(H,15,16)(H,17,18). The van der Waals surface area contributed by atoms with Crippen molar-refractivity contribution in [3.8, 4) is 0 Å². The van der Waals surface area contributed by atoms with Crippen LogP contribution in [0.3, 0.4) is 0 Å². The van der Waals surface area contributed by atoms with E-state index in [0.29, 0.717) is 16.8 Å². The second kappa shape index (κ2) is 6.89. The summed E-state index contributed by atoms with van der Waals surface area (Å²) in [5, 5.41) is 17.3. The number of hydrogen-bond donors (Lipinski definition) is 3. The normalized spacial score (nSPS) is 12.0. The Morgan fingerprint density at radius 1 is 1.36 bits per heavy atom. The third-order valence-corrected chi connectivity index (χ3v) is 3.41. The Balaban J connectivity index is 1.99. The van der Waals surface area contributed by atoms with Crippen LogP contribution in [0.25, 0.3) is 11.1 Å². The number of carboxylic acid groups (broad SMARTS) is 2. The molecular weight excluding hydrogens is 316 g/mol. The van der Waals surface area contributed by atoms with Gasteiger partial charge < -0.3 is 29.8 Å². The van der Waals surface area contributed by atoms with E-state index in [1.165, 1.54) is 0 Å². The van der Waals surface area contributed by atoms with Crippen LogP contribution in [0, 0.1) is 0 Å². The molecule has 0 spiro atoms. The molecule has 9 nitrogen and oxygen atoms in total. The van der Waals surface area contributed by atoms with Crippen molar-refractivity contribution in [3.63, 3.8) is 0 Å². The summed E-state index contributed by atoms with van der Waals surface area (Å²) in [6.45, 7) is -0.415. The van der Waals surface area contributed by atoms with Crippen LogP contribution < -0.4 is 5.73 Å². The Morgan fingerprint density at radius 2 is 2.14 bits per heavy atom. The van der Waals surface area contributed by atoms with E-state index in [9.17, 15) is 9.59 Å². The van der Waals surface area contributed by atoms with Crippen LogP contribution in [0.4, 0.5) is 15.3 Å². The summed E-state index contributed by atoms with van der Waals surface area (Å²) in [6, 6.07) is 4.98. The fourth-order valence-electron chi connectivity index (χ4n) is 1.57. The monoisotopic (exact) mass is 328 g/mol. The lowest BCUT2D eigenvalue weighted by Crippen LogP contribution is -2.26. The molecule has 1 unspecified atom stereocenters. The summed E-state index contributed by atoms with van der Waals surface area (Å²) >= 11 is 1.07. The minimum absolute atomic E-state index is 0.0852. The summed E-state index contributed by atoms with van der Waals surface area (Å²) < 4.78 is 14.3. The van der Waals surface area contributed by atoms with Crippen LogP contribution in [0.1, 0.15) is 0 Å². The average Bonchev–Trinajstić information content (AvgIpc) is 2.83. The summed E-state index contributed by atoms with van der Waals surface area (Å²) in [5.41, 5.74) is 7.26. The Bertz CT molecular complexity index is 687. The third kappa shape index (κ3) is 4.45. The van der Waals surface area contributed by atoms with Crippen LogP contribution in [0.5, 0.6) is 0 Å². The van der Waals surface area contributed by atoms with E-state index >= 15 is 0 Å². The van der Waals surface area contributed by atoms with Crippen molar-refractivity contribution >= 4 is 40.9 Å². The summed E-state index contributed by atoms with van der Waals surface area (Å²) in [7, 11) is 0. The van der Waals surface area contributed by atoms with Gasteiger partial charge in [0.1, 0.15) is 18.2 Å². The summed E-state index contributed by atoms with van der Waals surface area (Å²) in [4.78, 5) is 25.1. The Labute approximate surface area is 128 Å². The molecule has 2 aromatic rings. The maximum absolute atomic E-state index is 10.6. The van der Waals surface area contributed by atoms with Crippen molar-refractivity contribution in [3.05, 3.63) is 18.2 Å². The van der Waals surface area contributed by atoms with Gasteiger partial charge in [0, 0.05) is 17.5 Å². The number of nitrogens with two attached hydrogens (primary N) is 1. The van der Waals surface area contributed by atoms with E-state index in [4.69, 9.17) is 20.4 Å². The smallest absolute Gasteiger partial charge is 0.450 e. The lowest BCUT2D eigenvalue weighted by Gasteiger charge is -2.13. The number of ether oxygens (including phenoxy) is 2. The molecule has 1 atom stereocenters. The SMILES string of the molecule is Nc1ccc2nc(SCC(COC(=O)O)OC(=O)O)oc2c1. The largest absolute Gasteiger partial charge is 0.506 e. The molecular formula is C12H12N2O7S. The fraction of sp³-hybridized carbons (Fsp3) is 0.250. The Hall–Kier alpha value is -2.62. The maximum Gasteiger partial charge on any atom is 0.506 e. The number of aromatic nitrogens is 1. The van der Waals surface area contributed by atoms with Crippen molar-refractivity contribution in [2.45, 2.75) is 11.3 Å². The Kier molecular flexibility index (Phi) is 4.94. The highest BCUT2D eigenvalue weighted by atomic mass is 32.2. The number of rotatable bonds is 6. The molecule has 22 heavy (non-hydrogen) atoms. The van der Waals surface area contributed by atoms with Gasteiger partial charge in [0.25, 0.3) is 5.22 Å². The van der Waals surface area contributed by atoms with Crippen molar-refractivity contribution in [1.29, 1.82) is 0 Å². The number of hydrogen-bond acceptors (Lipinski definition) is 8. The molecule has 0 aliphatic carbocycles. The number of nitrogen functional groups attached to an aromatic ring is 1. The zero-order valence-electron chi connectivity index (χ0n) is 11.1. The van der Waals surface area contributed by atoms with Crippen LogP contribution in [0.2, 0.25) is 0 Å². The van der Waals surface area contributed by atoms with E-state index in [2.05, 4.69) is 14.5 Å². The van der Waals surface area contributed by atoms with Crippen LogP contribution >= 0.6 is 11.8 Å². The highest BCUT2D eigenvalue weighted by molar-refractivity contribution is 7.99. The number of fused-ring (bicyclic) bond motifs is 1. The lowest BCUT2D eigenvalue weighted by molar-refractivity contribution is 0.0140. The van der Waals surface area contributed by atoms with Gasteiger partial charge in [0.15, 0.2) is 5.58 Å². The molecule has 0 saturated carbocycles. The second-order valence-electron chi connectivity index (χ2n) is 4.10. The van der Waals surface area contributed by atoms with Gasteiger partial charge in [0.2, 0.25) is 0 Å². The highest BCUT2D eigenvalue weighted by Gasteiger charge is 2.18. The highest BCUT2D eigenvalue weighted by Crippen LogP contribution is 2.25. The van der Waals surface area contributed by atoms with Crippen LogP contribution in [-0.4, -0.2) is 46.0 Å². The predicted molar refractivity (Wildman–Crippen MR) is 76.0 cm³/mol. The Morgan fingerprint density at radius 3 is 2.82 bits per heavy atom. The molecule has 0 fully saturated rings. The van der Waals surface area contributed by atoms with Gasteiger partial charge >= 0.3 is 12.3 Å². The van der Waals surface area contributed by atoms with Gasteiger partial charge in [-0.3, -0.25) is 0 Å². The van der Waals surface area contributed by atoms with Crippen molar-refractivity contribution in [1.82, 2.24) is 4.98 Å². The van der Waals surface area contributed by atoms with Gasteiger partial charge in [-0.2, -0.15) is 0 Å². The lowest BCUT2D eigenvalue weighted by atomic mass is 10.3. The van der Waals surface area contributed by atoms with Crippen molar-refractivity contribution < 1.29 is 33.7 Å². The molecule has 0 aliphatic rings. The van der Waals surface area contributed by atoms with E-state index < -0.39 is 25.0 Å². The van der Waals surface area contributed by atoms with Gasteiger partial charge in [-0.15, -0.1) is 0 Å². The van der Waals surface area contributed by atoms with Gasteiger partial charge in [0.05, 0.1) is 0 Å². The minimum Gasteiger partial charge on any atom is -0.450 e. The maximum atomic E-state index is 10.6. The first kappa shape index (κ1) is 15.8. The van der Waals surface area contributed by atoms with Crippen molar-refractivity contribution in [2.24, 2.45) is 0 Å². The predicted octanol–water partition coefficient (Wildman–Crippen LogP) is 2.26. The number of thioether (sulfide) groups is 1. The second-order valence-corrected chi connectivity index (χ2v) is 5.07. The first-order valence-electron chi connectivity index (χ1n) is 5.98. The van der Waals surface area contributed by atoms with E-state index in [-0.39, 0.29) is 11.0 Å². The molecule has 1 aromatic carbocycles. The van der Waals surface area contributed by atoms with Crippen LogP contribution in [0.15, 0.2) is 27.8 Å². The van der Waals surface area contributed by atoms with Gasteiger partial charge in [-0.05, 0) is 12.1 Å². The quantitative estimate of drug-likeness (QED) is 0.410. The summed E-state index contributed by atoms with van der Waals surface area (Å²) in [6.07, 6.45) is -4.01. The van der Waals surface area contributed by atoms with E-state index in [1.807, 2.05) is 0 Å². The number of oxazole rings is 1. The fourth-order valence-corrected chi connectivity index (χ4v) is 2.37. The molecule has 10 heteroatoms. The van der Waals surface area contributed by atoms with Crippen LogP contribution in [-0.2, 0) is 9.47 Å². The molecule has 0 bridgehead atoms. The topological polar surface area (TPSA) is 145 Å². The molecule has 118 valence electrons. The molecule has 0 aliphatic heterocycles. The minimum atomic E-state index is -1.52. The first-order chi connectivity index (χ1) is 10.4. The zero-order valence-corrected chi connectivity index (χ0v) is 11.9. The first-order valence-corrected chi connectivity index (χ1v) is 6.97. The number of carbonyl (C=O) groups is 2. The molecule has 0 radical (unpaired) electrons. The number of anilines is 1. The molecule has 4 N–H and O–H groups in total. The van der Waals surface area contributed by atoms with E-state index in [0.717, 1.165) is 11.8 Å². The molecule has 2 rings (SSSR count). The van der Waals surface area contributed by atoms with E-state index in [1.54, 1.807) is 18.2 Å². The van der Waals surface area contributed by atoms with Gasteiger partial charge in [-0.1, -0.05) is 11.8 Å². The average molecular weight is 328 g/mol. The summed E-state index contributed by atoms with van der Waals surface area (Å²) in [5.74, 6) is 0.0852. The molecule has 0 saturated heterocycles. The molecule has 1 aromatic heterocycles. The number of nitrogens with zero attached hydrogens (tertiary/aromatic N) is 1.